The molecule has 0 unspecified atom stereocenters. The molecule has 0 aliphatic carbocycles. The van der Waals surface area contributed by atoms with Gasteiger partial charge in [0.2, 0.25) is 0 Å². The van der Waals surface area contributed by atoms with Gasteiger partial charge in [0.25, 0.3) is 0 Å². The summed E-state index contributed by atoms with van der Waals surface area (Å²) in [4.78, 5) is 0. The van der Waals surface area contributed by atoms with E-state index in [1.807, 2.05) is 0 Å². The minimum Gasteiger partial charge on any atom is -0.274 e. The predicted molar refractivity (Wildman–Crippen MR) is 29.0 cm³/mol. The van der Waals surface area contributed by atoms with E-state index in [0.29, 0.717) is 6.42 Å². The zero-order valence-electron chi connectivity index (χ0n) is 3.70. The highest BCUT2D eigenvalue weighted by molar-refractivity contribution is 7.44. The molecule has 4 heteroatoms. The Balaban J connectivity index is 3.36. The SMILES string of the molecule is [CH2]CC(P=O)P=O. The molecule has 0 saturated heterocycles. The van der Waals surface area contributed by atoms with Gasteiger partial charge in [-0.25, -0.2) is 0 Å². The second-order valence-electron chi connectivity index (χ2n) is 0.980. The van der Waals surface area contributed by atoms with Gasteiger partial charge in [-0.15, -0.1) is 0 Å². The molecule has 0 aromatic heterocycles. The lowest BCUT2D eigenvalue weighted by Crippen LogP contribution is -1.78. The number of rotatable bonds is 3. The quantitative estimate of drug-likeness (QED) is 0.555. The molecule has 0 heterocycles. The van der Waals surface area contributed by atoms with E-state index in [4.69, 9.17) is 0 Å². The molecule has 0 bridgehead atoms. The van der Waals surface area contributed by atoms with Crippen LogP contribution in [0.1, 0.15) is 6.42 Å². The Kier molecular flexibility index (Phi) is 4.49. The van der Waals surface area contributed by atoms with Crippen LogP contribution in [0.4, 0.5) is 0 Å². The molecule has 0 saturated carbocycles. The van der Waals surface area contributed by atoms with E-state index < -0.39 is 0 Å². The first-order chi connectivity index (χ1) is 3.35. The van der Waals surface area contributed by atoms with Crippen LogP contribution in [0, 0.1) is 6.92 Å². The summed E-state index contributed by atoms with van der Waals surface area (Å²) in [6, 6.07) is 0. The zero-order valence-corrected chi connectivity index (χ0v) is 5.49. The van der Waals surface area contributed by atoms with E-state index >= 15 is 0 Å². The van der Waals surface area contributed by atoms with Gasteiger partial charge in [-0.3, -0.25) is 9.13 Å². The fourth-order valence-corrected chi connectivity index (χ4v) is 0.489. The molecule has 7 heavy (non-hydrogen) atoms. The van der Waals surface area contributed by atoms with Gasteiger partial charge in [0.1, 0.15) is 5.40 Å². The van der Waals surface area contributed by atoms with Gasteiger partial charge < -0.3 is 0 Å². The van der Waals surface area contributed by atoms with Gasteiger partial charge in [-0.2, -0.15) is 0 Å². The van der Waals surface area contributed by atoms with Crippen molar-refractivity contribution in [2.24, 2.45) is 0 Å². The summed E-state index contributed by atoms with van der Waals surface area (Å²) in [5.41, 5.74) is 0. The number of hydrogen-bond donors (Lipinski definition) is 0. The Hall–Kier alpha value is 0.200. The van der Waals surface area contributed by atoms with Crippen LogP contribution in [-0.2, 0) is 9.13 Å². The van der Waals surface area contributed by atoms with Crippen molar-refractivity contribution < 1.29 is 9.13 Å². The molecule has 1 radical (unpaired) electrons. The molecule has 0 spiro atoms. The molecule has 0 aromatic rings. The third-order valence-corrected chi connectivity index (χ3v) is 2.07. The summed E-state index contributed by atoms with van der Waals surface area (Å²) < 4.78 is 19.6. The summed E-state index contributed by atoms with van der Waals surface area (Å²) >= 11 is 0. The normalized spacial score (nSPS) is 15.0. The first-order valence-corrected chi connectivity index (χ1v) is 3.55. The second-order valence-corrected chi connectivity index (χ2v) is 3.06. The van der Waals surface area contributed by atoms with E-state index in [1.165, 1.54) is 0 Å². The van der Waals surface area contributed by atoms with Gasteiger partial charge in [-0.05, 0) is 6.42 Å². The summed E-state index contributed by atoms with van der Waals surface area (Å²) in [5, 5.41) is -0.292. The third kappa shape index (κ3) is 2.85. The average Bonchev–Trinajstić information content (AvgIpc) is 1.72. The number of hydrogen-bond acceptors (Lipinski definition) is 2. The van der Waals surface area contributed by atoms with Crippen molar-refractivity contribution in [1.82, 2.24) is 0 Å². The maximum absolute atomic E-state index is 9.82. The van der Waals surface area contributed by atoms with E-state index in [1.54, 1.807) is 0 Å². The van der Waals surface area contributed by atoms with Gasteiger partial charge in [0.05, 0.1) is 0 Å². The Morgan fingerprint density at radius 2 is 1.86 bits per heavy atom. The van der Waals surface area contributed by atoms with Crippen LogP contribution in [-0.4, -0.2) is 5.40 Å². The van der Waals surface area contributed by atoms with Crippen molar-refractivity contribution in [3.05, 3.63) is 6.92 Å². The fraction of sp³-hybridized carbons (Fsp3) is 0.667. The van der Waals surface area contributed by atoms with Crippen molar-refractivity contribution in [1.29, 1.82) is 0 Å². The average molecular weight is 135 g/mol. The van der Waals surface area contributed by atoms with E-state index in [2.05, 4.69) is 6.92 Å². The maximum atomic E-state index is 9.82. The van der Waals surface area contributed by atoms with Crippen LogP contribution in [0.5, 0.6) is 0 Å². The van der Waals surface area contributed by atoms with Crippen molar-refractivity contribution in [3.8, 4) is 0 Å². The molecule has 0 fully saturated rings. The van der Waals surface area contributed by atoms with Gasteiger partial charge >= 0.3 is 0 Å². The molecular formula is C3H5O2P2. The highest BCUT2D eigenvalue weighted by atomic mass is 31.1. The molecular weight excluding hydrogens is 130 g/mol. The molecule has 0 aliphatic rings. The Morgan fingerprint density at radius 1 is 1.43 bits per heavy atom. The van der Waals surface area contributed by atoms with E-state index in [-0.39, 0.29) is 22.3 Å². The molecule has 39 valence electrons. The maximum Gasteiger partial charge on any atom is 0.171 e. The van der Waals surface area contributed by atoms with Crippen LogP contribution in [0.15, 0.2) is 0 Å². The highest BCUT2D eigenvalue weighted by Gasteiger charge is 2.01. The first kappa shape index (κ1) is 7.20. The molecule has 0 aliphatic heterocycles. The molecule has 0 rings (SSSR count). The van der Waals surface area contributed by atoms with Crippen LogP contribution in [0.3, 0.4) is 0 Å². The standard InChI is InChI=1S/C3H5O2P2/c1-2-3(6-4)7-5/h3H,1-2H2. The molecule has 0 amide bonds. The fourth-order valence-electron chi connectivity index (χ4n) is 0.125. The minimum atomic E-state index is -0.292. The lowest BCUT2D eigenvalue weighted by molar-refractivity contribution is 0.587. The zero-order chi connectivity index (χ0) is 5.70. The van der Waals surface area contributed by atoms with E-state index in [9.17, 15) is 9.13 Å². The summed E-state index contributed by atoms with van der Waals surface area (Å²) in [6.07, 6.45) is 0.454. The molecule has 2 nitrogen and oxygen atoms in total. The Labute approximate surface area is 45.7 Å². The Morgan fingerprint density at radius 3 is 1.86 bits per heavy atom. The summed E-state index contributed by atoms with van der Waals surface area (Å²) in [7, 11) is -0.156. The van der Waals surface area contributed by atoms with Crippen molar-refractivity contribution in [2.75, 3.05) is 0 Å². The minimum absolute atomic E-state index is 0.0779. The monoisotopic (exact) mass is 135 g/mol. The molecule has 0 atom stereocenters. The van der Waals surface area contributed by atoms with Crippen LogP contribution in [0.25, 0.3) is 0 Å². The third-order valence-electron chi connectivity index (χ3n) is 0.502. The topological polar surface area (TPSA) is 34.1 Å². The Bertz CT molecular complexity index is 65.3. The van der Waals surface area contributed by atoms with Crippen molar-refractivity contribution in [3.63, 3.8) is 0 Å². The first-order valence-electron chi connectivity index (χ1n) is 1.79. The molecule has 0 N–H and O–H groups in total. The summed E-state index contributed by atoms with van der Waals surface area (Å²) in [6.45, 7) is 3.41. The lowest BCUT2D eigenvalue weighted by atomic mass is 10.6. The van der Waals surface area contributed by atoms with Crippen LogP contribution in [0.2, 0.25) is 0 Å². The van der Waals surface area contributed by atoms with E-state index in [0.717, 1.165) is 0 Å². The summed E-state index contributed by atoms with van der Waals surface area (Å²) in [5.74, 6) is 0. The largest absolute Gasteiger partial charge is 0.274 e. The van der Waals surface area contributed by atoms with Gasteiger partial charge in [-0.1, -0.05) is 6.92 Å². The predicted octanol–water partition coefficient (Wildman–Crippen LogP) is 2.12. The van der Waals surface area contributed by atoms with Crippen LogP contribution >= 0.6 is 16.9 Å². The highest BCUT2D eigenvalue weighted by Crippen LogP contribution is 2.20. The second kappa shape index (κ2) is 4.36. The van der Waals surface area contributed by atoms with Crippen molar-refractivity contribution >= 4 is 16.9 Å². The van der Waals surface area contributed by atoms with Gasteiger partial charge in [0.15, 0.2) is 16.9 Å². The van der Waals surface area contributed by atoms with Crippen LogP contribution < -0.4 is 0 Å². The van der Waals surface area contributed by atoms with Crippen molar-refractivity contribution in [2.45, 2.75) is 11.8 Å². The lowest BCUT2D eigenvalue weighted by Gasteiger charge is -1.85. The van der Waals surface area contributed by atoms with Gasteiger partial charge in [0, 0.05) is 0 Å². The smallest absolute Gasteiger partial charge is 0.171 e. The molecule has 0 aromatic carbocycles.